The molecule has 2 aliphatic heterocycles. The van der Waals surface area contributed by atoms with Gasteiger partial charge in [0.2, 0.25) is 11.8 Å². The molecule has 0 bridgehead atoms. The van der Waals surface area contributed by atoms with Crippen LogP contribution in [0.15, 0.2) is 72.8 Å². The van der Waals surface area contributed by atoms with Crippen LogP contribution in [-0.4, -0.2) is 108 Å². The average molecular weight is 781 g/mol. The number of unbranched alkanes of at least 4 members (excludes halogenated alkanes) is 1. The minimum absolute atomic E-state index is 0.0149. The van der Waals surface area contributed by atoms with Gasteiger partial charge in [-0.15, -0.1) is 0 Å². The smallest absolute Gasteiger partial charge is 0.426 e. The molecule has 3 aromatic carbocycles. The normalized spacial score (nSPS) is 20.1. The summed E-state index contributed by atoms with van der Waals surface area (Å²) < 4.78 is 0. The third-order valence-corrected chi connectivity index (χ3v) is 12.1. The molecule has 0 spiro atoms. The Labute approximate surface area is 337 Å². The summed E-state index contributed by atoms with van der Waals surface area (Å²) in [4.78, 5) is 59.1. The van der Waals surface area contributed by atoms with E-state index < -0.39 is 31.1 Å². The number of urea groups is 1. The molecule has 306 valence electrons. The minimum Gasteiger partial charge on any atom is -0.426 e. The third kappa shape index (κ3) is 12.3. The van der Waals surface area contributed by atoms with Gasteiger partial charge in [-0.1, -0.05) is 106 Å². The second-order valence-corrected chi connectivity index (χ2v) is 16.3. The lowest BCUT2D eigenvalue weighted by atomic mass is 9.76. The van der Waals surface area contributed by atoms with Crippen LogP contribution < -0.4 is 21.3 Å². The number of carbonyl (C=O) groups excluding carboxylic acids is 4. The molecule has 4 atom stereocenters. The number of likely N-dealkylation sites (tertiary alicyclic amines) is 2. The van der Waals surface area contributed by atoms with Crippen LogP contribution in [0.1, 0.15) is 99.4 Å². The summed E-state index contributed by atoms with van der Waals surface area (Å²) in [5.41, 5.74) is 1.62. The summed E-state index contributed by atoms with van der Waals surface area (Å²) in [5.74, 6) is -1.65. The maximum atomic E-state index is 14.8. The summed E-state index contributed by atoms with van der Waals surface area (Å²) in [6, 6.07) is 21.4. The second kappa shape index (κ2) is 21.3. The standard InChI is InChI=1S/C44H61BN6O6/c52-41(36-22-21-34-18-8-9-19-35(34)29-36)48-38(28-33-16-6-2-7-17-33)43(54)51-31-37(50-26-12-3-13-27-50)30-39(51)42(53)49-40(45(56)57)20-10-11-24-46-44(55)47-25-23-32-14-4-1-5-15-32/h1,4-5,8-9,14-15,18-19,21-22,29,33,37-40,56-57H,2-3,6-7,10-13,16-17,20,23-28,30-31H2,(H,48,52)(H,49,53)(H2,46,47,55)/t37-,38-,39+,40+/m1/s1. The largest absolute Gasteiger partial charge is 0.475 e. The molecular weight excluding hydrogens is 719 g/mol. The van der Waals surface area contributed by atoms with Crippen molar-refractivity contribution >= 4 is 41.6 Å². The van der Waals surface area contributed by atoms with Crippen molar-refractivity contribution in [3.05, 3.63) is 83.9 Å². The molecule has 3 aromatic rings. The fraction of sp³-hybridized carbons (Fsp3) is 0.545. The molecule has 6 N–H and O–H groups in total. The Kier molecular flexibility index (Phi) is 15.8. The summed E-state index contributed by atoms with van der Waals surface area (Å²) in [6.45, 7) is 3.09. The topological polar surface area (TPSA) is 163 Å². The predicted molar refractivity (Wildman–Crippen MR) is 223 cm³/mol. The van der Waals surface area contributed by atoms with Gasteiger partial charge in [0.25, 0.3) is 5.91 Å². The van der Waals surface area contributed by atoms with Crippen molar-refractivity contribution in [2.45, 2.75) is 114 Å². The zero-order valence-corrected chi connectivity index (χ0v) is 33.2. The number of amides is 5. The summed E-state index contributed by atoms with van der Waals surface area (Å²) in [6.07, 6.45) is 11.7. The Morgan fingerprint density at radius 3 is 2.23 bits per heavy atom. The maximum Gasteiger partial charge on any atom is 0.475 e. The fourth-order valence-electron chi connectivity index (χ4n) is 8.90. The van der Waals surface area contributed by atoms with Gasteiger partial charge in [-0.05, 0) is 92.4 Å². The van der Waals surface area contributed by atoms with Crippen LogP contribution in [-0.2, 0) is 16.0 Å². The van der Waals surface area contributed by atoms with Crippen LogP contribution in [0, 0.1) is 5.92 Å². The molecule has 0 unspecified atom stereocenters. The zero-order valence-electron chi connectivity index (χ0n) is 33.2. The summed E-state index contributed by atoms with van der Waals surface area (Å²) in [5, 5.41) is 34.3. The predicted octanol–water partition coefficient (Wildman–Crippen LogP) is 4.57. The number of benzene rings is 3. The molecule has 5 amide bonds. The van der Waals surface area contributed by atoms with Crippen LogP contribution in [0.25, 0.3) is 10.8 Å². The van der Waals surface area contributed by atoms with E-state index >= 15 is 0 Å². The van der Waals surface area contributed by atoms with Crippen LogP contribution in [0.3, 0.4) is 0 Å². The monoisotopic (exact) mass is 780 g/mol. The van der Waals surface area contributed by atoms with Gasteiger partial charge in [0.15, 0.2) is 0 Å². The molecule has 1 aliphatic carbocycles. The first-order valence-electron chi connectivity index (χ1n) is 21.3. The summed E-state index contributed by atoms with van der Waals surface area (Å²) in [7, 11) is -1.80. The Morgan fingerprint density at radius 2 is 1.47 bits per heavy atom. The molecule has 2 saturated heterocycles. The van der Waals surface area contributed by atoms with E-state index in [9.17, 15) is 29.2 Å². The van der Waals surface area contributed by atoms with Crippen LogP contribution in [0.5, 0.6) is 0 Å². The van der Waals surface area contributed by atoms with Crippen molar-refractivity contribution in [1.29, 1.82) is 0 Å². The minimum atomic E-state index is -1.80. The molecule has 13 heteroatoms. The number of nitrogens with one attached hydrogen (secondary N) is 4. The van der Waals surface area contributed by atoms with Crippen LogP contribution >= 0.6 is 0 Å². The van der Waals surface area contributed by atoms with Gasteiger partial charge in [0.05, 0.1) is 5.94 Å². The molecular formula is C44H61BN6O6. The first-order valence-corrected chi connectivity index (χ1v) is 21.3. The van der Waals surface area contributed by atoms with E-state index in [1.807, 2.05) is 66.7 Å². The lowest BCUT2D eigenvalue weighted by Crippen LogP contribution is -2.56. The third-order valence-electron chi connectivity index (χ3n) is 12.1. The van der Waals surface area contributed by atoms with Gasteiger partial charge < -0.3 is 36.2 Å². The lowest BCUT2D eigenvalue weighted by molar-refractivity contribution is -0.140. The first kappa shape index (κ1) is 42.2. The van der Waals surface area contributed by atoms with Crippen molar-refractivity contribution in [1.82, 2.24) is 31.1 Å². The van der Waals surface area contributed by atoms with E-state index in [0.29, 0.717) is 56.8 Å². The maximum absolute atomic E-state index is 14.8. The van der Waals surface area contributed by atoms with Crippen molar-refractivity contribution in [3.8, 4) is 0 Å². The van der Waals surface area contributed by atoms with Gasteiger partial charge in [0.1, 0.15) is 12.1 Å². The van der Waals surface area contributed by atoms with Crippen molar-refractivity contribution in [3.63, 3.8) is 0 Å². The zero-order chi connectivity index (χ0) is 40.0. The van der Waals surface area contributed by atoms with Gasteiger partial charge in [-0.3, -0.25) is 19.3 Å². The lowest BCUT2D eigenvalue weighted by Gasteiger charge is -2.33. The quantitative estimate of drug-likeness (QED) is 0.0864. The highest BCUT2D eigenvalue weighted by atomic mass is 16.4. The number of fused-ring (bicyclic) bond motifs is 1. The number of piperidine rings is 1. The number of hydrogen-bond donors (Lipinski definition) is 6. The van der Waals surface area contributed by atoms with Crippen molar-refractivity contribution < 1.29 is 29.2 Å². The van der Waals surface area contributed by atoms with Crippen molar-refractivity contribution in [2.75, 3.05) is 32.7 Å². The van der Waals surface area contributed by atoms with E-state index in [0.717, 1.165) is 80.8 Å². The number of nitrogens with zero attached hydrogens (tertiary/aromatic N) is 2. The highest BCUT2D eigenvalue weighted by Gasteiger charge is 2.45. The SMILES string of the molecule is O=C(NCCCC[C@H](NC(=O)[C@@H]1C[C@@H](N2CCCCC2)CN1C(=O)[C@@H](CC1CCCCC1)NC(=O)c1ccc2ccccc2c1)B(O)O)NCCc1ccccc1. The highest BCUT2D eigenvalue weighted by Crippen LogP contribution is 2.31. The second-order valence-electron chi connectivity index (χ2n) is 16.3. The molecule has 57 heavy (non-hydrogen) atoms. The molecule has 3 aliphatic rings. The Balaban J connectivity index is 1.09. The van der Waals surface area contributed by atoms with Gasteiger partial charge in [0, 0.05) is 31.2 Å². The van der Waals surface area contributed by atoms with Crippen molar-refractivity contribution in [2.24, 2.45) is 5.92 Å². The molecule has 0 radical (unpaired) electrons. The number of carbonyl (C=O) groups is 4. The van der Waals surface area contributed by atoms with Crippen LogP contribution in [0.4, 0.5) is 4.79 Å². The highest BCUT2D eigenvalue weighted by molar-refractivity contribution is 6.43. The van der Waals surface area contributed by atoms with Crippen LogP contribution in [0.2, 0.25) is 0 Å². The molecule has 2 heterocycles. The molecule has 12 nitrogen and oxygen atoms in total. The van der Waals surface area contributed by atoms with E-state index in [4.69, 9.17) is 0 Å². The van der Waals surface area contributed by atoms with E-state index in [-0.39, 0.29) is 30.3 Å². The van der Waals surface area contributed by atoms with Gasteiger partial charge >= 0.3 is 13.1 Å². The molecule has 0 aromatic heterocycles. The first-order chi connectivity index (χ1) is 27.7. The molecule has 1 saturated carbocycles. The van der Waals surface area contributed by atoms with E-state index in [1.54, 1.807) is 11.0 Å². The van der Waals surface area contributed by atoms with Gasteiger partial charge in [-0.25, -0.2) is 4.79 Å². The molecule has 3 fully saturated rings. The number of hydrogen-bond acceptors (Lipinski definition) is 7. The van der Waals surface area contributed by atoms with Gasteiger partial charge in [-0.2, -0.15) is 0 Å². The average Bonchev–Trinajstić information content (AvgIpc) is 3.69. The Morgan fingerprint density at radius 1 is 0.772 bits per heavy atom. The summed E-state index contributed by atoms with van der Waals surface area (Å²) >= 11 is 0. The Hall–Kier alpha value is -4.46. The fourth-order valence-corrected chi connectivity index (χ4v) is 8.90. The molecule has 6 rings (SSSR count). The number of rotatable bonds is 17. The Bertz CT molecular complexity index is 1770. The van der Waals surface area contributed by atoms with E-state index in [2.05, 4.69) is 26.2 Å². The van der Waals surface area contributed by atoms with E-state index in [1.165, 1.54) is 6.42 Å².